The van der Waals surface area contributed by atoms with Gasteiger partial charge in [0.05, 0.1) is 17.4 Å². The summed E-state index contributed by atoms with van der Waals surface area (Å²) in [5.41, 5.74) is 2.38. The second-order valence-electron chi connectivity index (χ2n) is 8.25. The molecule has 1 aliphatic rings. The number of amides is 1. The summed E-state index contributed by atoms with van der Waals surface area (Å²) >= 11 is 0. The van der Waals surface area contributed by atoms with E-state index in [0.717, 1.165) is 21.9 Å². The Hall–Kier alpha value is -4.36. The molecule has 35 heavy (non-hydrogen) atoms. The van der Waals surface area contributed by atoms with Crippen molar-refractivity contribution >= 4 is 38.3 Å². The molecule has 5 rings (SSSR count). The van der Waals surface area contributed by atoms with Gasteiger partial charge in [0.15, 0.2) is 0 Å². The van der Waals surface area contributed by atoms with Crippen LogP contribution in [0.1, 0.15) is 23.5 Å². The van der Waals surface area contributed by atoms with E-state index in [9.17, 15) is 13.2 Å². The van der Waals surface area contributed by atoms with Crippen LogP contribution in [0.25, 0.3) is 10.8 Å². The predicted molar refractivity (Wildman–Crippen MR) is 130 cm³/mol. The van der Waals surface area contributed by atoms with Crippen molar-refractivity contribution in [2.24, 2.45) is 5.92 Å². The zero-order valence-electron chi connectivity index (χ0n) is 18.4. The number of rotatable bonds is 7. The van der Waals surface area contributed by atoms with Crippen LogP contribution >= 0.6 is 0 Å². The number of pyridine rings is 1. The van der Waals surface area contributed by atoms with E-state index in [1.807, 2.05) is 18.2 Å². The predicted octanol–water partition coefficient (Wildman–Crippen LogP) is 3.63. The molecule has 2 heterocycles. The lowest BCUT2D eigenvalue weighted by Crippen LogP contribution is -2.15. The highest BCUT2D eigenvalue weighted by molar-refractivity contribution is 7.92. The third-order valence-corrected chi connectivity index (χ3v) is 7.26. The van der Waals surface area contributed by atoms with Gasteiger partial charge in [0.25, 0.3) is 10.0 Å². The number of nitrogens with zero attached hydrogens (tertiary/aromatic N) is 4. The second-order valence-corrected chi connectivity index (χ2v) is 9.94. The number of anilines is 2. The molecule has 0 saturated heterocycles. The van der Waals surface area contributed by atoms with Crippen LogP contribution < -0.4 is 10.0 Å². The minimum atomic E-state index is -3.81. The lowest BCUT2D eigenvalue weighted by atomic mass is 10.0. The molecular weight excluding hydrogens is 464 g/mol. The normalized spacial score (nSPS) is 16.9. The lowest BCUT2D eigenvalue weighted by molar-refractivity contribution is -0.117. The first-order chi connectivity index (χ1) is 16.9. The molecule has 2 aromatic heterocycles. The van der Waals surface area contributed by atoms with Gasteiger partial charge in [0.2, 0.25) is 11.9 Å². The summed E-state index contributed by atoms with van der Waals surface area (Å²) in [5.74, 6) is -0.263. The van der Waals surface area contributed by atoms with E-state index in [2.05, 4.69) is 31.1 Å². The summed E-state index contributed by atoms with van der Waals surface area (Å²) in [4.78, 5) is 24.8. The molecule has 2 N–H and O–H groups in total. The Morgan fingerprint density at radius 1 is 1.09 bits per heavy atom. The Labute approximate surface area is 201 Å². The molecule has 1 fully saturated rings. The molecule has 0 bridgehead atoms. The summed E-state index contributed by atoms with van der Waals surface area (Å²) in [7, 11) is -3.81. The van der Waals surface area contributed by atoms with E-state index in [0.29, 0.717) is 12.1 Å². The smallest absolute Gasteiger partial charge is 0.264 e. The van der Waals surface area contributed by atoms with Crippen LogP contribution in [0.3, 0.4) is 0 Å². The number of nitriles is 1. The molecule has 0 spiro atoms. The zero-order chi connectivity index (χ0) is 24.4. The Bertz CT molecular complexity index is 1550. The Morgan fingerprint density at radius 3 is 2.60 bits per heavy atom. The van der Waals surface area contributed by atoms with E-state index in [1.165, 1.54) is 24.5 Å². The molecule has 2 atom stereocenters. The molecule has 4 aromatic rings. The molecule has 1 saturated carbocycles. The summed E-state index contributed by atoms with van der Waals surface area (Å²) in [6.45, 7) is 0. The van der Waals surface area contributed by atoms with Gasteiger partial charge in [-0.1, -0.05) is 18.2 Å². The maximum absolute atomic E-state index is 12.8. The van der Waals surface area contributed by atoms with Gasteiger partial charge in [-0.05, 0) is 59.2 Å². The van der Waals surface area contributed by atoms with E-state index < -0.39 is 10.0 Å². The number of benzene rings is 2. The highest BCUT2D eigenvalue weighted by atomic mass is 32.2. The van der Waals surface area contributed by atoms with Crippen molar-refractivity contribution in [2.45, 2.75) is 23.7 Å². The third-order valence-electron chi connectivity index (χ3n) is 5.92. The third kappa shape index (κ3) is 4.81. The van der Waals surface area contributed by atoms with Gasteiger partial charge in [0.1, 0.15) is 0 Å². The largest absolute Gasteiger partial charge is 0.326 e. The fraction of sp³-hybridized carbons (Fsp3) is 0.160. The summed E-state index contributed by atoms with van der Waals surface area (Å²) in [6, 6.07) is 15.8. The minimum absolute atomic E-state index is 0.000188. The highest BCUT2D eigenvalue weighted by Crippen LogP contribution is 2.48. The number of carbonyl (C=O) groups excluding carboxylic acids is 1. The first-order valence-electron chi connectivity index (χ1n) is 10.9. The molecule has 0 aliphatic heterocycles. The van der Waals surface area contributed by atoms with Gasteiger partial charge >= 0.3 is 0 Å². The van der Waals surface area contributed by atoms with Crippen molar-refractivity contribution in [1.82, 2.24) is 15.0 Å². The van der Waals surface area contributed by atoms with Crippen molar-refractivity contribution in [1.29, 1.82) is 5.26 Å². The van der Waals surface area contributed by atoms with Crippen molar-refractivity contribution < 1.29 is 13.2 Å². The van der Waals surface area contributed by atoms with Crippen molar-refractivity contribution in [3.63, 3.8) is 0 Å². The molecule has 2 aromatic carbocycles. The lowest BCUT2D eigenvalue weighted by Gasteiger charge is -2.09. The fourth-order valence-corrected chi connectivity index (χ4v) is 5.00. The maximum Gasteiger partial charge on any atom is 0.264 e. The van der Waals surface area contributed by atoms with Crippen LogP contribution in [-0.2, 0) is 21.2 Å². The molecule has 174 valence electrons. The number of aromatic nitrogens is 3. The standard InChI is InChI=1S/C25H20N6O3S/c26-9-8-18-15-27-14-17-2-5-19(12-21(17)18)30-24(32)23-13-22(23)16-3-6-20(7-4-16)35(33,34)31-25-28-10-1-11-29-25/h1-7,10-12,14-15,22-23H,8,13H2,(H,30,32)(H,28,29,31)/t22?,23-/m1/s1. The van der Waals surface area contributed by atoms with Crippen molar-refractivity contribution in [3.05, 3.63) is 84.4 Å². The molecule has 1 amide bonds. The summed E-state index contributed by atoms with van der Waals surface area (Å²) in [6.07, 6.45) is 7.22. The molecular formula is C25H20N6O3S. The van der Waals surface area contributed by atoms with Crippen molar-refractivity contribution in [3.8, 4) is 6.07 Å². The van der Waals surface area contributed by atoms with Crippen LogP contribution in [0.2, 0.25) is 0 Å². The first kappa shape index (κ1) is 22.4. The molecule has 1 unspecified atom stereocenters. The fourth-order valence-electron chi connectivity index (χ4n) is 4.04. The molecule has 9 nitrogen and oxygen atoms in total. The van der Waals surface area contributed by atoms with Crippen molar-refractivity contribution in [2.75, 3.05) is 10.0 Å². The van der Waals surface area contributed by atoms with Gasteiger partial charge in [-0.15, -0.1) is 0 Å². The van der Waals surface area contributed by atoms with Crippen LogP contribution in [0.4, 0.5) is 11.6 Å². The Kier molecular flexibility index (Phi) is 5.84. The van der Waals surface area contributed by atoms with Gasteiger partial charge in [-0.2, -0.15) is 5.26 Å². The topological polar surface area (TPSA) is 138 Å². The zero-order valence-corrected chi connectivity index (χ0v) is 19.2. The van der Waals surface area contributed by atoms with Crippen LogP contribution in [0.15, 0.2) is 78.2 Å². The quantitative estimate of drug-likeness (QED) is 0.408. The average molecular weight is 485 g/mol. The number of carbonyl (C=O) groups is 1. The number of sulfonamides is 1. The van der Waals surface area contributed by atoms with E-state index in [4.69, 9.17) is 5.26 Å². The van der Waals surface area contributed by atoms with E-state index >= 15 is 0 Å². The number of fused-ring (bicyclic) bond motifs is 1. The van der Waals surface area contributed by atoms with Crippen LogP contribution in [0, 0.1) is 17.2 Å². The molecule has 10 heteroatoms. The molecule has 0 radical (unpaired) electrons. The Morgan fingerprint density at radius 2 is 1.86 bits per heavy atom. The van der Waals surface area contributed by atoms with Crippen LogP contribution in [0.5, 0.6) is 0 Å². The monoisotopic (exact) mass is 484 g/mol. The van der Waals surface area contributed by atoms with Gasteiger partial charge < -0.3 is 5.32 Å². The Balaban J connectivity index is 1.25. The van der Waals surface area contributed by atoms with Gasteiger partial charge in [-0.25, -0.2) is 23.1 Å². The summed E-state index contributed by atoms with van der Waals surface area (Å²) < 4.78 is 27.5. The summed E-state index contributed by atoms with van der Waals surface area (Å²) in [5, 5.41) is 13.8. The minimum Gasteiger partial charge on any atom is -0.326 e. The number of hydrogen-bond donors (Lipinski definition) is 2. The second kappa shape index (κ2) is 9.12. The number of nitrogens with one attached hydrogen (secondary N) is 2. The van der Waals surface area contributed by atoms with E-state index in [-0.39, 0.29) is 35.0 Å². The van der Waals surface area contributed by atoms with Gasteiger partial charge in [-0.3, -0.25) is 9.78 Å². The first-order valence-corrected chi connectivity index (χ1v) is 12.4. The van der Waals surface area contributed by atoms with Crippen LogP contribution in [-0.4, -0.2) is 29.3 Å². The van der Waals surface area contributed by atoms with Gasteiger partial charge in [0, 0.05) is 41.8 Å². The molecule has 1 aliphatic carbocycles. The van der Waals surface area contributed by atoms with E-state index in [1.54, 1.807) is 30.6 Å². The number of hydrogen-bond acceptors (Lipinski definition) is 7. The SMILES string of the molecule is N#CCc1cncc2ccc(NC(=O)[C@@H]3CC3c3ccc(S(=O)(=O)Nc4ncccn4)cc3)cc12. The average Bonchev–Trinajstić information content (AvgIpc) is 3.66. The maximum atomic E-state index is 12.8. The highest BCUT2D eigenvalue weighted by Gasteiger charge is 2.44.